The third-order valence-corrected chi connectivity index (χ3v) is 6.36. The van der Waals surface area contributed by atoms with E-state index >= 15 is 0 Å². The summed E-state index contributed by atoms with van der Waals surface area (Å²) in [7, 11) is 1.63. The standard InChI is InChI=1S/C23H19N3O2S2/c1-28-20-13-11-19(12-14-20)24-22-25-26-23(30-22)29-15-21(27)18-9-7-17(8-10-18)16-5-3-2-4-6-16/h2-14H,15H2,1H3,(H,24,25). The Kier molecular flexibility index (Phi) is 6.41. The van der Waals surface area contributed by atoms with Gasteiger partial charge in [0, 0.05) is 11.3 Å². The number of rotatable bonds is 8. The number of hydrogen-bond acceptors (Lipinski definition) is 7. The number of nitrogens with zero attached hydrogens (tertiary/aromatic N) is 2. The van der Waals surface area contributed by atoms with Crippen LogP contribution in [0.4, 0.5) is 10.8 Å². The van der Waals surface area contributed by atoms with E-state index in [9.17, 15) is 4.79 Å². The third kappa shape index (κ3) is 5.06. The fraction of sp³-hybridized carbons (Fsp3) is 0.0870. The minimum atomic E-state index is 0.0690. The molecule has 0 spiro atoms. The quantitative estimate of drug-likeness (QED) is 0.274. The van der Waals surface area contributed by atoms with Crippen molar-refractivity contribution in [3.8, 4) is 16.9 Å². The Labute approximate surface area is 183 Å². The van der Waals surface area contributed by atoms with Crippen LogP contribution in [0.5, 0.6) is 5.75 Å². The number of ketones is 1. The molecule has 0 fully saturated rings. The number of Topliss-reactive ketones (excluding diaryl/α,β-unsaturated/α-hetero) is 1. The molecule has 1 N–H and O–H groups in total. The topological polar surface area (TPSA) is 64.1 Å². The van der Waals surface area contributed by atoms with E-state index in [2.05, 4.69) is 27.6 Å². The van der Waals surface area contributed by atoms with Crippen molar-refractivity contribution in [2.75, 3.05) is 18.2 Å². The molecule has 1 aromatic heterocycles. The zero-order chi connectivity index (χ0) is 20.8. The molecule has 0 atom stereocenters. The van der Waals surface area contributed by atoms with Crippen LogP contribution in [0.25, 0.3) is 11.1 Å². The number of nitrogens with one attached hydrogen (secondary N) is 1. The molecule has 0 radical (unpaired) electrons. The number of aromatic nitrogens is 2. The van der Waals surface area contributed by atoms with Crippen molar-refractivity contribution in [3.63, 3.8) is 0 Å². The van der Waals surface area contributed by atoms with Crippen molar-refractivity contribution in [1.82, 2.24) is 10.2 Å². The van der Waals surface area contributed by atoms with Gasteiger partial charge in [0.1, 0.15) is 5.75 Å². The number of hydrogen-bond donors (Lipinski definition) is 1. The summed E-state index contributed by atoms with van der Waals surface area (Å²) in [5, 5.41) is 12.2. The molecule has 3 aromatic carbocycles. The van der Waals surface area contributed by atoms with Gasteiger partial charge in [-0.25, -0.2) is 0 Å². The monoisotopic (exact) mass is 433 g/mol. The highest BCUT2D eigenvalue weighted by molar-refractivity contribution is 8.01. The number of ether oxygens (including phenoxy) is 1. The second-order valence-electron chi connectivity index (χ2n) is 6.38. The van der Waals surface area contributed by atoms with E-state index in [1.54, 1.807) is 7.11 Å². The van der Waals surface area contributed by atoms with Crippen LogP contribution >= 0.6 is 23.1 Å². The van der Waals surface area contributed by atoms with Gasteiger partial charge in [0.2, 0.25) is 5.13 Å². The van der Waals surface area contributed by atoms with Gasteiger partial charge in [-0.3, -0.25) is 4.79 Å². The van der Waals surface area contributed by atoms with Crippen LogP contribution in [-0.2, 0) is 0 Å². The van der Waals surface area contributed by atoms with Gasteiger partial charge in [0.15, 0.2) is 10.1 Å². The third-order valence-electron chi connectivity index (χ3n) is 4.39. The average molecular weight is 434 g/mol. The van der Waals surface area contributed by atoms with Crippen LogP contribution in [0.1, 0.15) is 10.4 Å². The van der Waals surface area contributed by atoms with Crippen molar-refractivity contribution in [1.29, 1.82) is 0 Å². The molecule has 0 aliphatic rings. The fourth-order valence-electron chi connectivity index (χ4n) is 2.81. The molecule has 0 saturated carbocycles. The first kappa shape index (κ1) is 20.1. The zero-order valence-corrected chi connectivity index (χ0v) is 17.9. The number of carbonyl (C=O) groups excluding carboxylic acids is 1. The van der Waals surface area contributed by atoms with Gasteiger partial charge in [-0.15, -0.1) is 10.2 Å². The number of carbonyl (C=O) groups is 1. The van der Waals surface area contributed by atoms with Gasteiger partial charge in [-0.1, -0.05) is 77.7 Å². The Morgan fingerprint density at radius 1 is 0.933 bits per heavy atom. The predicted octanol–water partition coefficient (Wildman–Crippen LogP) is 5.93. The molecule has 0 aliphatic heterocycles. The summed E-state index contributed by atoms with van der Waals surface area (Å²) in [5.41, 5.74) is 3.83. The maximum atomic E-state index is 12.5. The highest BCUT2D eigenvalue weighted by atomic mass is 32.2. The Balaban J connectivity index is 1.32. The lowest BCUT2D eigenvalue weighted by atomic mass is 10.0. The van der Waals surface area contributed by atoms with Gasteiger partial charge in [-0.05, 0) is 35.4 Å². The van der Waals surface area contributed by atoms with E-state index in [1.807, 2.05) is 66.7 Å². The first-order chi connectivity index (χ1) is 14.7. The van der Waals surface area contributed by atoms with Crippen LogP contribution in [0.3, 0.4) is 0 Å². The molecular formula is C23H19N3O2S2. The minimum Gasteiger partial charge on any atom is -0.497 e. The summed E-state index contributed by atoms with van der Waals surface area (Å²) in [4.78, 5) is 12.5. The normalized spacial score (nSPS) is 10.6. The first-order valence-corrected chi connectivity index (χ1v) is 11.1. The second kappa shape index (κ2) is 9.56. The van der Waals surface area contributed by atoms with E-state index in [1.165, 1.54) is 23.1 Å². The van der Waals surface area contributed by atoms with Crippen LogP contribution in [0, 0.1) is 0 Å². The average Bonchev–Trinajstić information content (AvgIpc) is 3.26. The second-order valence-corrected chi connectivity index (χ2v) is 8.58. The zero-order valence-electron chi connectivity index (χ0n) is 16.2. The van der Waals surface area contributed by atoms with Crippen LogP contribution in [-0.4, -0.2) is 28.8 Å². The van der Waals surface area contributed by atoms with Crippen molar-refractivity contribution in [2.45, 2.75) is 4.34 Å². The molecule has 7 heteroatoms. The van der Waals surface area contributed by atoms with Crippen molar-refractivity contribution < 1.29 is 9.53 Å². The molecule has 150 valence electrons. The first-order valence-electron chi connectivity index (χ1n) is 9.27. The SMILES string of the molecule is COc1ccc(Nc2nnc(SCC(=O)c3ccc(-c4ccccc4)cc3)s2)cc1. The number of thioether (sulfide) groups is 1. The maximum Gasteiger partial charge on any atom is 0.210 e. The summed E-state index contributed by atoms with van der Waals surface area (Å²) in [6, 6.07) is 25.4. The number of benzene rings is 3. The number of anilines is 2. The van der Waals surface area contributed by atoms with Gasteiger partial charge >= 0.3 is 0 Å². The number of methoxy groups -OCH3 is 1. The summed E-state index contributed by atoms with van der Waals surface area (Å²) in [6.45, 7) is 0. The lowest BCUT2D eigenvalue weighted by Crippen LogP contribution is -2.01. The summed E-state index contributed by atoms with van der Waals surface area (Å²) in [5.74, 6) is 1.19. The van der Waals surface area contributed by atoms with Crippen molar-refractivity contribution in [2.24, 2.45) is 0 Å². The molecule has 0 saturated heterocycles. The van der Waals surface area contributed by atoms with Gasteiger partial charge in [-0.2, -0.15) is 0 Å². The highest BCUT2D eigenvalue weighted by Crippen LogP contribution is 2.29. The molecular weight excluding hydrogens is 414 g/mol. The van der Waals surface area contributed by atoms with E-state index in [4.69, 9.17) is 4.74 Å². The van der Waals surface area contributed by atoms with Crippen LogP contribution < -0.4 is 10.1 Å². The lowest BCUT2D eigenvalue weighted by Gasteiger charge is -2.04. The van der Waals surface area contributed by atoms with E-state index in [-0.39, 0.29) is 5.78 Å². The van der Waals surface area contributed by atoms with Gasteiger partial charge in [0.05, 0.1) is 12.9 Å². The Morgan fingerprint density at radius 2 is 1.63 bits per heavy atom. The Bertz CT molecular complexity index is 1110. The molecule has 0 unspecified atom stereocenters. The molecule has 4 aromatic rings. The smallest absolute Gasteiger partial charge is 0.210 e. The Morgan fingerprint density at radius 3 is 2.33 bits per heavy atom. The molecule has 5 nitrogen and oxygen atoms in total. The van der Waals surface area contributed by atoms with Gasteiger partial charge in [0.25, 0.3) is 0 Å². The molecule has 0 aliphatic carbocycles. The predicted molar refractivity (Wildman–Crippen MR) is 123 cm³/mol. The lowest BCUT2D eigenvalue weighted by molar-refractivity contribution is 0.102. The molecule has 4 rings (SSSR count). The Hall–Kier alpha value is -3.16. The summed E-state index contributed by atoms with van der Waals surface area (Å²) in [6.07, 6.45) is 0. The fourth-order valence-corrected chi connectivity index (χ4v) is 4.47. The summed E-state index contributed by atoms with van der Waals surface area (Å²) >= 11 is 2.82. The molecule has 1 heterocycles. The van der Waals surface area contributed by atoms with E-state index in [0.717, 1.165) is 26.9 Å². The molecule has 0 bridgehead atoms. The van der Waals surface area contributed by atoms with Crippen LogP contribution in [0.2, 0.25) is 0 Å². The van der Waals surface area contributed by atoms with Crippen LogP contribution in [0.15, 0.2) is 83.2 Å². The van der Waals surface area contributed by atoms with Crippen molar-refractivity contribution in [3.05, 3.63) is 84.4 Å². The van der Waals surface area contributed by atoms with Gasteiger partial charge < -0.3 is 10.1 Å². The largest absolute Gasteiger partial charge is 0.497 e. The van der Waals surface area contributed by atoms with E-state index < -0.39 is 0 Å². The summed E-state index contributed by atoms with van der Waals surface area (Å²) < 4.78 is 5.91. The minimum absolute atomic E-state index is 0.0690. The van der Waals surface area contributed by atoms with Crippen molar-refractivity contribution >= 4 is 39.7 Å². The molecule has 0 amide bonds. The van der Waals surface area contributed by atoms with E-state index in [0.29, 0.717) is 16.4 Å². The highest BCUT2D eigenvalue weighted by Gasteiger charge is 2.11. The maximum absolute atomic E-state index is 12.5. The molecule has 30 heavy (non-hydrogen) atoms.